The Morgan fingerprint density at radius 2 is 2.48 bits per heavy atom. The Morgan fingerprint density at radius 3 is 3.24 bits per heavy atom. The van der Waals surface area contributed by atoms with Gasteiger partial charge in [0, 0.05) is 23.8 Å². The molecule has 7 heteroatoms. The molecule has 0 radical (unpaired) electrons. The molecule has 3 N–H and O–H groups in total. The molecule has 6 nitrogen and oxygen atoms in total. The summed E-state index contributed by atoms with van der Waals surface area (Å²) in [6, 6.07) is 4.14. The zero-order chi connectivity index (χ0) is 14.7. The first-order valence-electron chi connectivity index (χ1n) is 7.15. The number of H-pyrrole nitrogens is 1. The lowest BCUT2D eigenvalue weighted by molar-refractivity contribution is -0.119. The van der Waals surface area contributed by atoms with Crippen molar-refractivity contribution in [1.82, 2.24) is 20.1 Å². The fourth-order valence-electron chi connectivity index (χ4n) is 2.78. The van der Waals surface area contributed by atoms with Crippen LogP contribution in [0.1, 0.15) is 35.3 Å². The van der Waals surface area contributed by atoms with Gasteiger partial charge in [0.15, 0.2) is 5.82 Å². The highest BCUT2D eigenvalue weighted by molar-refractivity contribution is 7.09. The van der Waals surface area contributed by atoms with Gasteiger partial charge >= 0.3 is 0 Å². The summed E-state index contributed by atoms with van der Waals surface area (Å²) < 4.78 is 0. The van der Waals surface area contributed by atoms with Crippen molar-refractivity contribution < 1.29 is 4.79 Å². The van der Waals surface area contributed by atoms with E-state index in [-0.39, 0.29) is 11.8 Å². The average Bonchev–Trinajstić information content (AvgIpc) is 3.10. The van der Waals surface area contributed by atoms with Crippen molar-refractivity contribution in [2.24, 2.45) is 5.73 Å². The zero-order valence-electron chi connectivity index (χ0n) is 11.8. The van der Waals surface area contributed by atoms with Crippen molar-refractivity contribution in [3.63, 3.8) is 0 Å². The second-order valence-corrected chi connectivity index (χ2v) is 6.47. The number of thiophene rings is 1. The van der Waals surface area contributed by atoms with Crippen molar-refractivity contribution in [1.29, 1.82) is 0 Å². The Bertz CT molecular complexity index is 594. The Kier molecular flexibility index (Phi) is 4.31. The number of aromatic nitrogens is 3. The van der Waals surface area contributed by atoms with Gasteiger partial charge in [-0.05, 0) is 30.8 Å². The molecule has 0 aromatic carbocycles. The van der Waals surface area contributed by atoms with Crippen LogP contribution >= 0.6 is 11.3 Å². The molecule has 0 saturated carbocycles. The van der Waals surface area contributed by atoms with Crippen molar-refractivity contribution in [3.05, 3.63) is 34.0 Å². The van der Waals surface area contributed by atoms with Crippen LogP contribution in [0.2, 0.25) is 0 Å². The van der Waals surface area contributed by atoms with E-state index in [1.54, 1.807) is 11.3 Å². The van der Waals surface area contributed by atoms with Gasteiger partial charge in [-0.2, -0.15) is 5.10 Å². The molecule has 2 aromatic rings. The number of hydrogen-bond acceptors (Lipinski definition) is 5. The third-order valence-corrected chi connectivity index (χ3v) is 4.60. The minimum Gasteiger partial charge on any atom is -0.369 e. The van der Waals surface area contributed by atoms with Crippen LogP contribution in [-0.4, -0.2) is 45.6 Å². The van der Waals surface area contributed by atoms with E-state index >= 15 is 0 Å². The van der Waals surface area contributed by atoms with Gasteiger partial charge in [0.1, 0.15) is 5.82 Å². The fraction of sp³-hybridized carbons (Fsp3) is 0.500. The monoisotopic (exact) mass is 305 g/mol. The van der Waals surface area contributed by atoms with E-state index < -0.39 is 0 Å². The van der Waals surface area contributed by atoms with Crippen LogP contribution in [-0.2, 0) is 11.2 Å². The molecule has 1 unspecified atom stereocenters. The Balaban J connectivity index is 1.63. The summed E-state index contributed by atoms with van der Waals surface area (Å²) in [6.45, 7) is 2.05. The molecule has 3 heterocycles. The first kappa shape index (κ1) is 14.2. The zero-order valence-corrected chi connectivity index (χ0v) is 12.6. The minimum absolute atomic E-state index is 0.274. The summed E-state index contributed by atoms with van der Waals surface area (Å²) in [6.07, 6.45) is 2.90. The van der Waals surface area contributed by atoms with Crippen LogP contribution < -0.4 is 5.73 Å². The molecule has 1 atom stereocenters. The van der Waals surface area contributed by atoms with Crippen LogP contribution in [0.25, 0.3) is 0 Å². The number of nitrogens with two attached hydrogens (primary N) is 1. The number of carbonyl (C=O) groups is 1. The Labute approximate surface area is 127 Å². The topological polar surface area (TPSA) is 87.9 Å². The molecule has 0 spiro atoms. The minimum atomic E-state index is -0.274. The molecule has 1 fully saturated rings. The summed E-state index contributed by atoms with van der Waals surface area (Å²) in [7, 11) is 0. The third-order valence-electron chi connectivity index (χ3n) is 3.72. The molecule has 3 rings (SSSR count). The maximum absolute atomic E-state index is 11.0. The highest BCUT2D eigenvalue weighted by atomic mass is 32.1. The van der Waals surface area contributed by atoms with Gasteiger partial charge in [0.25, 0.3) is 0 Å². The normalized spacial score (nSPS) is 19.7. The van der Waals surface area contributed by atoms with E-state index in [0.717, 1.165) is 44.0 Å². The van der Waals surface area contributed by atoms with Gasteiger partial charge in [-0.3, -0.25) is 14.8 Å². The molecule has 2 aromatic heterocycles. The molecule has 1 aliphatic heterocycles. The molecular weight excluding hydrogens is 286 g/mol. The number of hydrogen-bond donors (Lipinski definition) is 2. The molecule has 21 heavy (non-hydrogen) atoms. The Hall–Kier alpha value is -1.73. The largest absolute Gasteiger partial charge is 0.369 e. The van der Waals surface area contributed by atoms with Gasteiger partial charge in [-0.1, -0.05) is 6.07 Å². The predicted octanol–water partition coefficient (Wildman–Crippen LogP) is 1.12. The predicted molar refractivity (Wildman–Crippen MR) is 81.1 cm³/mol. The summed E-state index contributed by atoms with van der Waals surface area (Å²) >= 11 is 1.72. The van der Waals surface area contributed by atoms with E-state index in [4.69, 9.17) is 5.73 Å². The van der Waals surface area contributed by atoms with E-state index in [9.17, 15) is 4.79 Å². The first-order valence-corrected chi connectivity index (χ1v) is 8.03. The molecule has 0 aliphatic carbocycles. The van der Waals surface area contributed by atoms with Gasteiger partial charge in [-0.15, -0.1) is 11.3 Å². The summed E-state index contributed by atoms with van der Waals surface area (Å²) in [4.78, 5) is 19.0. The molecule has 112 valence electrons. The van der Waals surface area contributed by atoms with Crippen LogP contribution in [0.4, 0.5) is 0 Å². The molecule has 1 saturated heterocycles. The number of rotatable bonds is 5. The molecule has 1 amide bonds. The number of nitrogens with one attached hydrogen (secondary N) is 1. The number of aromatic amines is 1. The maximum Gasteiger partial charge on any atom is 0.231 e. The van der Waals surface area contributed by atoms with Crippen LogP contribution in [0, 0.1) is 0 Å². The molecular formula is C14H19N5OS. The highest BCUT2D eigenvalue weighted by Crippen LogP contribution is 2.24. The van der Waals surface area contributed by atoms with Gasteiger partial charge in [0.2, 0.25) is 5.91 Å². The smallest absolute Gasteiger partial charge is 0.231 e. The fourth-order valence-corrected chi connectivity index (χ4v) is 3.49. The van der Waals surface area contributed by atoms with Crippen molar-refractivity contribution in [2.75, 3.05) is 19.6 Å². The number of carbonyl (C=O) groups excluding carboxylic acids is 1. The standard InChI is InChI=1S/C14H19N5OS/c15-12(20)9-19-5-1-3-10(8-19)14-16-13(17-18-14)7-11-4-2-6-21-11/h2,4,6,10H,1,3,5,7-9H2,(H2,15,20)(H,16,17,18). The third kappa shape index (κ3) is 3.68. The van der Waals surface area contributed by atoms with E-state index in [1.165, 1.54) is 4.88 Å². The summed E-state index contributed by atoms with van der Waals surface area (Å²) in [5.41, 5.74) is 5.27. The van der Waals surface area contributed by atoms with Gasteiger partial charge in [-0.25, -0.2) is 4.98 Å². The highest BCUT2D eigenvalue weighted by Gasteiger charge is 2.25. The van der Waals surface area contributed by atoms with E-state index in [2.05, 4.69) is 31.5 Å². The van der Waals surface area contributed by atoms with Crippen LogP contribution in [0.3, 0.4) is 0 Å². The SMILES string of the molecule is NC(=O)CN1CCCC(c2n[nH]c(Cc3cccs3)n2)C1. The first-order chi connectivity index (χ1) is 10.2. The lowest BCUT2D eigenvalue weighted by Crippen LogP contribution is -2.40. The summed E-state index contributed by atoms with van der Waals surface area (Å²) in [5.74, 6) is 1.77. The summed E-state index contributed by atoms with van der Waals surface area (Å²) in [5, 5.41) is 9.46. The second kappa shape index (κ2) is 6.36. The van der Waals surface area contributed by atoms with Crippen molar-refractivity contribution in [3.8, 4) is 0 Å². The maximum atomic E-state index is 11.0. The average molecular weight is 305 g/mol. The van der Waals surface area contributed by atoms with Crippen molar-refractivity contribution in [2.45, 2.75) is 25.2 Å². The Morgan fingerprint density at radius 1 is 1.57 bits per heavy atom. The second-order valence-electron chi connectivity index (χ2n) is 5.44. The van der Waals surface area contributed by atoms with E-state index in [0.29, 0.717) is 6.54 Å². The lowest BCUT2D eigenvalue weighted by Gasteiger charge is -2.30. The van der Waals surface area contributed by atoms with Crippen LogP contribution in [0.5, 0.6) is 0 Å². The van der Waals surface area contributed by atoms with Crippen LogP contribution in [0.15, 0.2) is 17.5 Å². The lowest BCUT2D eigenvalue weighted by atomic mass is 9.97. The van der Waals surface area contributed by atoms with Gasteiger partial charge in [0.05, 0.1) is 6.54 Å². The van der Waals surface area contributed by atoms with Crippen molar-refractivity contribution >= 4 is 17.2 Å². The quantitative estimate of drug-likeness (QED) is 0.866. The number of likely N-dealkylation sites (tertiary alicyclic amines) is 1. The molecule has 1 aliphatic rings. The number of piperidine rings is 1. The number of primary amides is 1. The number of amides is 1. The number of nitrogens with zero attached hydrogens (tertiary/aromatic N) is 3. The molecule has 0 bridgehead atoms. The van der Waals surface area contributed by atoms with Gasteiger partial charge < -0.3 is 5.73 Å². The van der Waals surface area contributed by atoms with E-state index in [1.807, 2.05) is 6.07 Å².